The monoisotopic (exact) mass is 301 g/mol. The molecular weight excluding hydrogens is 278 g/mol. The quantitative estimate of drug-likeness (QED) is 0.713. The Labute approximate surface area is 125 Å². The second-order valence-electron chi connectivity index (χ2n) is 5.15. The van der Waals surface area contributed by atoms with E-state index >= 15 is 0 Å². The molecule has 0 spiro atoms. The van der Waals surface area contributed by atoms with Crippen molar-refractivity contribution in [3.8, 4) is 0 Å². The molecule has 0 fully saturated rings. The van der Waals surface area contributed by atoms with Crippen LogP contribution in [0.4, 0.5) is 5.69 Å². The molecule has 0 aromatic carbocycles. The first-order chi connectivity index (χ1) is 9.56. The van der Waals surface area contributed by atoms with Crippen molar-refractivity contribution >= 4 is 17.3 Å². The van der Waals surface area contributed by atoms with E-state index in [1.807, 2.05) is 13.8 Å². The van der Waals surface area contributed by atoms with E-state index in [0.717, 1.165) is 19.4 Å². The number of ether oxygens (including phenoxy) is 1. The first-order valence-corrected chi connectivity index (χ1v) is 7.51. The highest BCUT2D eigenvalue weighted by Crippen LogP contribution is 2.15. The fourth-order valence-electron chi connectivity index (χ4n) is 1.71. The Hall–Kier alpha value is -1.07. The Balaban J connectivity index is 2.51. The van der Waals surface area contributed by atoms with Crippen molar-refractivity contribution in [2.45, 2.75) is 40.2 Å². The third kappa shape index (κ3) is 5.51. The van der Waals surface area contributed by atoms with E-state index in [1.165, 1.54) is 4.68 Å². The minimum Gasteiger partial charge on any atom is -0.382 e. The van der Waals surface area contributed by atoms with Gasteiger partial charge in [0.25, 0.3) is 5.56 Å². The highest BCUT2D eigenvalue weighted by Gasteiger charge is 2.09. The molecule has 1 heterocycles. The maximum Gasteiger partial charge on any atom is 0.287 e. The summed E-state index contributed by atoms with van der Waals surface area (Å²) in [5, 5.41) is 7.46. The predicted octanol–water partition coefficient (Wildman–Crippen LogP) is 2.78. The Bertz CT molecular complexity index is 460. The molecule has 0 amide bonds. The molecule has 5 nitrogen and oxygen atoms in total. The van der Waals surface area contributed by atoms with Gasteiger partial charge in [-0.1, -0.05) is 32.4 Å². The van der Waals surface area contributed by atoms with Crippen LogP contribution in [-0.4, -0.2) is 29.5 Å². The second kappa shape index (κ2) is 8.97. The van der Waals surface area contributed by atoms with Crippen molar-refractivity contribution < 1.29 is 4.74 Å². The highest BCUT2D eigenvalue weighted by molar-refractivity contribution is 6.32. The van der Waals surface area contributed by atoms with Crippen LogP contribution < -0.4 is 10.9 Å². The summed E-state index contributed by atoms with van der Waals surface area (Å²) >= 11 is 6.08. The van der Waals surface area contributed by atoms with Gasteiger partial charge in [-0.05, 0) is 18.8 Å². The van der Waals surface area contributed by atoms with Crippen LogP contribution >= 0.6 is 11.6 Å². The summed E-state index contributed by atoms with van der Waals surface area (Å²) in [6.07, 6.45) is 3.50. The van der Waals surface area contributed by atoms with E-state index in [-0.39, 0.29) is 10.6 Å². The van der Waals surface area contributed by atoms with Gasteiger partial charge in [0.2, 0.25) is 0 Å². The van der Waals surface area contributed by atoms with Gasteiger partial charge >= 0.3 is 0 Å². The molecule has 0 bridgehead atoms. The number of nitrogens with zero attached hydrogens (tertiary/aromatic N) is 2. The van der Waals surface area contributed by atoms with Gasteiger partial charge in [-0.25, -0.2) is 4.68 Å². The van der Waals surface area contributed by atoms with E-state index < -0.39 is 0 Å². The number of hydrogen-bond acceptors (Lipinski definition) is 4. The molecule has 114 valence electrons. The smallest absolute Gasteiger partial charge is 0.287 e. The SMILES string of the molecule is CCCOCCCNc1cnn(CC(C)C)c(=O)c1Cl. The lowest BCUT2D eigenvalue weighted by atomic mass is 10.2. The number of rotatable bonds is 9. The minimum atomic E-state index is -0.243. The number of nitrogens with one attached hydrogen (secondary N) is 1. The summed E-state index contributed by atoms with van der Waals surface area (Å²) in [6, 6.07) is 0. The van der Waals surface area contributed by atoms with Crippen molar-refractivity contribution in [1.82, 2.24) is 9.78 Å². The molecule has 0 atom stereocenters. The fourth-order valence-corrected chi connectivity index (χ4v) is 1.92. The van der Waals surface area contributed by atoms with Crippen LogP contribution in [0, 0.1) is 5.92 Å². The van der Waals surface area contributed by atoms with Gasteiger partial charge in [0.05, 0.1) is 11.9 Å². The van der Waals surface area contributed by atoms with Crippen molar-refractivity contribution in [1.29, 1.82) is 0 Å². The molecular formula is C14H24ClN3O2. The third-order valence-corrected chi connectivity index (χ3v) is 3.02. The van der Waals surface area contributed by atoms with E-state index in [1.54, 1.807) is 6.20 Å². The molecule has 1 rings (SSSR count). The van der Waals surface area contributed by atoms with Gasteiger partial charge in [0.1, 0.15) is 5.02 Å². The van der Waals surface area contributed by atoms with E-state index in [9.17, 15) is 4.79 Å². The Morgan fingerprint density at radius 3 is 2.85 bits per heavy atom. The first-order valence-electron chi connectivity index (χ1n) is 7.13. The van der Waals surface area contributed by atoms with Gasteiger partial charge in [-0.15, -0.1) is 0 Å². The zero-order chi connectivity index (χ0) is 15.0. The molecule has 1 aromatic rings. The molecule has 0 radical (unpaired) electrons. The number of halogens is 1. The Morgan fingerprint density at radius 1 is 1.45 bits per heavy atom. The van der Waals surface area contributed by atoms with Crippen LogP contribution in [0.25, 0.3) is 0 Å². The number of anilines is 1. The number of hydrogen-bond donors (Lipinski definition) is 1. The van der Waals surface area contributed by atoms with Gasteiger partial charge in [-0.2, -0.15) is 5.10 Å². The topological polar surface area (TPSA) is 56.1 Å². The van der Waals surface area contributed by atoms with Crippen LogP contribution in [0.3, 0.4) is 0 Å². The maximum atomic E-state index is 12.0. The average molecular weight is 302 g/mol. The third-order valence-electron chi connectivity index (χ3n) is 2.65. The zero-order valence-electron chi connectivity index (χ0n) is 12.5. The van der Waals surface area contributed by atoms with E-state index in [0.29, 0.717) is 31.3 Å². The molecule has 0 aliphatic carbocycles. The Kier molecular flexibility index (Phi) is 7.62. The van der Waals surface area contributed by atoms with Gasteiger partial charge in [0, 0.05) is 26.3 Å². The summed E-state index contributed by atoms with van der Waals surface area (Å²) in [5.41, 5.74) is 0.347. The lowest BCUT2D eigenvalue weighted by Crippen LogP contribution is -2.26. The molecule has 0 unspecified atom stereocenters. The van der Waals surface area contributed by atoms with Crippen molar-refractivity contribution in [3.63, 3.8) is 0 Å². The number of aromatic nitrogens is 2. The van der Waals surface area contributed by atoms with E-state index in [4.69, 9.17) is 16.3 Å². The summed E-state index contributed by atoms with van der Waals surface area (Å²) in [5.74, 6) is 0.353. The highest BCUT2D eigenvalue weighted by atomic mass is 35.5. The van der Waals surface area contributed by atoms with Gasteiger partial charge in [-0.3, -0.25) is 4.79 Å². The summed E-state index contributed by atoms with van der Waals surface area (Å²) in [4.78, 5) is 12.0. The standard InChI is InChI=1S/C14H24ClN3O2/c1-4-7-20-8-5-6-16-12-9-17-18(10-11(2)3)14(19)13(12)15/h9,11,16H,4-8,10H2,1-3H3. The molecule has 20 heavy (non-hydrogen) atoms. The van der Waals surface area contributed by atoms with Gasteiger partial charge < -0.3 is 10.1 Å². The summed E-state index contributed by atoms with van der Waals surface area (Å²) < 4.78 is 6.79. The average Bonchev–Trinajstić information content (AvgIpc) is 2.41. The molecule has 1 aromatic heterocycles. The van der Waals surface area contributed by atoms with Gasteiger partial charge in [0.15, 0.2) is 0 Å². The summed E-state index contributed by atoms with van der Waals surface area (Å²) in [7, 11) is 0. The van der Waals surface area contributed by atoms with Crippen LogP contribution in [0.15, 0.2) is 11.0 Å². The first kappa shape index (κ1) is 17.0. The summed E-state index contributed by atoms with van der Waals surface area (Å²) in [6.45, 7) is 8.91. The van der Waals surface area contributed by atoms with Crippen LogP contribution in [0.1, 0.15) is 33.6 Å². The van der Waals surface area contributed by atoms with Crippen LogP contribution in [-0.2, 0) is 11.3 Å². The molecule has 1 N–H and O–H groups in total. The lowest BCUT2D eigenvalue weighted by Gasteiger charge is -2.11. The maximum absolute atomic E-state index is 12.0. The van der Waals surface area contributed by atoms with Crippen molar-refractivity contribution in [3.05, 3.63) is 21.6 Å². The molecule has 0 saturated heterocycles. The van der Waals surface area contributed by atoms with Crippen LogP contribution in [0.5, 0.6) is 0 Å². The fraction of sp³-hybridized carbons (Fsp3) is 0.714. The van der Waals surface area contributed by atoms with E-state index in [2.05, 4.69) is 17.3 Å². The largest absolute Gasteiger partial charge is 0.382 e. The molecule has 6 heteroatoms. The predicted molar refractivity (Wildman–Crippen MR) is 82.6 cm³/mol. The van der Waals surface area contributed by atoms with Crippen molar-refractivity contribution in [2.75, 3.05) is 25.1 Å². The molecule has 0 aliphatic heterocycles. The minimum absolute atomic E-state index is 0.204. The second-order valence-corrected chi connectivity index (χ2v) is 5.52. The lowest BCUT2D eigenvalue weighted by molar-refractivity contribution is 0.134. The van der Waals surface area contributed by atoms with Crippen molar-refractivity contribution in [2.24, 2.45) is 5.92 Å². The zero-order valence-corrected chi connectivity index (χ0v) is 13.2. The molecule has 0 saturated carbocycles. The normalized spacial score (nSPS) is 11.1. The van der Waals surface area contributed by atoms with Crippen LogP contribution in [0.2, 0.25) is 5.02 Å². The Morgan fingerprint density at radius 2 is 2.20 bits per heavy atom. The molecule has 0 aliphatic rings.